The summed E-state index contributed by atoms with van der Waals surface area (Å²) in [5, 5.41) is 18.7. The number of rotatable bonds is 3. The van der Waals surface area contributed by atoms with Gasteiger partial charge in [0.1, 0.15) is 11.7 Å². The number of aromatic amines is 1. The normalized spacial score (nSPS) is 16.9. The minimum atomic E-state index is -0.0109. The number of amides is 1. The molecule has 2 aliphatic heterocycles. The van der Waals surface area contributed by atoms with Gasteiger partial charge in [0.2, 0.25) is 5.91 Å². The van der Waals surface area contributed by atoms with E-state index in [0.29, 0.717) is 5.56 Å². The van der Waals surface area contributed by atoms with E-state index in [1.807, 2.05) is 30.3 Å². The summed E-state index contributed by atoms with van der Waals surface area (Å²) in [5.41, 5.74) is 7.23. The first-order chi connectivity index (χ1) is 16.4. The second kappa shape index (κ2) is 7.19. The van der Waals surface area contributed by atoms with E-state index in [4.69, 9.17) is 4.98 Å². The molecule has 3 aromatic heterocycles. The Hall–Kier alpha value is -4.12. The number of H-pyrrole nitrogens is 1. The van der Waals surface area contributed by atoms with Crippen LogP contribution in [0.3, 0.4) is 0 Å². The molecule has 0 aliphatic carbocycles. The van der Waals surface area contributed by atoms with Gasteiger partial charge >= 0.3 is 0 Å². The van der Waals surface area contributed by atoms with Crippen LogP contribution < -0.4 is 4.90 Å². The molecule has 6 rings (SSSR count). The molecule has 0 atom stereocenters. The average molecular weight is 452 g/mol. The lowest BCUT2D eigenvalue weighted by atomic mass is 9.79. The maximum atomic E-state index is 12.0. The molecule has 0 radical (unpaired) electrons. The molecule has 2 aliphatic rings. The highest BCUT2D eigenvalue weighted by molar-refractivity contribution is 6.02. The summed E-state index contributed by atoms with van der Waals surface area (Å²) in [6, 6.07) is 6.59. The Bertz CT molecular complexity index is 1530. The van der Waals surface area contributed by atoms with Crippen molar-refractivity contribution in [3.63, 3.8) is 0 Å². The molecule has 34 heavy (non-hydrogen) atoms. The number of hydrogen-bond donors (Lipinski definition) is 1. The predicted molar refractivity (Wildman–Crippen MR) is 131 cm³/mol. The highest BCUT2D eigenvalue weighted by atomic mass is 16.2. The number of hydrogen-bond acceptors (Lipinski definition) is 5. The number of anilines is 1. The molecule has 1 aromatic carbocycles. The quantitative estimate of drug-likeness (QED) is 0.481. The summed E-state index contributed by atoms with van der Waals surface area (Å²) < 4.78 is 2.09. The van der Waals surface area contributed by atoms with Gasteiger partial charge in [0.15, 0.2) is 0 Å². The molecule has 170 valence electrons. The van der Waals surface area contributed by atoms with E-state index in [2.05, 4.69) is 51.3 Å². The van der Waals surface area contributed by atoms with Crippen LogP contribution in [0.2, 0.25) is 0 Å². The zero-order chi connectivity index (χ0) is 23.6. The molecule has 1 spiro atoms. The molecule has 8 heteroatoms. The van der Waals surface area contributed by atoms with Gasteiger partial charge in [0, 0.05) is 66.2 Å². The number of imidazole rings is 1. The zero-order valence-electron chi connectivity index (χ0n) is 19.3. The van der Waals surface area contributed by atoms with Crippen LogP contribution in [-0.2, 0) is 4.79 Å². The monoisotopic (exact) mass is 451 g/mol. The van der Waals surface area contributed by atoms with Gasteiger partial charge in [-0.2, -0.15) is 10.4 Å². The molecular formula is C26H25N7O. The summed E-state index contributed by atoms with van der Waals surface area (Å²) in [5.74, 6) is -0.0109. The van der Waals surface area contributed by atoms with Crippen LogP contribution in [-0.4, -0.2) is 56.6 Å². The number of aryl methyl sites for hydroxylation is 2. The third kappa shape index (κ3) is 2.80. The van der Waals surface area contributed by atoms with Crippen molar-refractivity contribution < 1.29 is 4.79 Å². The van der Waals surface area contributed by atoms with Crippen LogP contribution in [0.5, 0.6) is 0 Å². The molecule has 0 bridgehead atoms. The lowest BCUT2D eigenvalue weighted by molar-refractivity contribution is -0.136. The summed E-state index contributed by atoms with van der Waals surface area (Å²) in [6.45, 7) is 10.8. The van der Waals surface area contributed by atoms with Gasteiger partial charge in [-0.3, -0.25) is 9.89 Å². The summed E-state index contributed by atoms with van der Waals surface area (Å²) in [4.78, 5) is 20.9. The predicted octanol–water partition coefficient (Wildman–Crippen LogP) is 3.59. The largest absolute Gasteiger partial charge is 0.369 e. The van der Waals surface area contributed by atoms with Crippen molar-refractivity contribution in [1.29, 1.82) is 5.26 Å². The highest BCUT2D eigenvalue weighted by Gasteiger charge is 2.49. The molecule has 5 heterocycles. The molecule has 0 unspecified atom stereocenters. The lowest BCUT2D eigenvalue weighted by Crippen LogP contribution is -2.59. The zero-order valence-corrected chi connectivity index (χ0v) is 19.3. The Labute approximate surface area is 197 Å². The molecule has 1 amide bonds. The van der Waals surface area contributed by atoms with Gasteiger partial charge in [0.05, 0.1) is 23.0 Å². The maximum Gasteiger partial charge on any atom is 0.245 e. The first kappa shape index (κ1) is 20.5. The maximum absolute atomic E-state index is 12.0. The number of nitrogens with one attached hydrogen (secondary N) is 1. The van der Waals surface area contributed by atoms with Crippen LogP contribution in [0.15, 0.2) is 43.4 Å². The van der Waals surface area contributed by atoms with Crippen molar-refractivity contribution in [1.82, 2.24) is 24.5 Å². The number of benzene rings is 1. The van der Waals surface area contributed by atoms with Gasteiger partial charge in [-0.15, -0.1) is 0 Å². The summed E-state index contributed by atoms with van der Waals surface area (Å²) >= 11 is 0. The van der Waals surface area contributed by atoms with E-state index in [1.54, 1.807) is 0 Å². The Morgan fingerprint density at radius 3 is 2.82 bits per heavy atom. The Morgan fingerprint density at radius 2 is 2.06 bits per heavy atom. The van der Waals surface area contributed by atoms with Gasteiger partial charge in [-0.1, -0.05) is 12.6 Å². The van der Waals surface area contributed by atoms with E-state index < -0.39 is 0 Å². The Balaban J connectivity index is 1.51. The standard InChI is InChI=1S/C26H25N7O/c1-4-22(34)32-14-26(15-32)7-8-31(13-26)21-12-33-17(3)10-28-25(33)24(18(21)9-27)23-16(2)5-6-20-19(23)11-29-30-20/h4-6,10-12H,1,7-8,13-15H2,2-3H3,(H,29,30). The highest BCUT2D eigenvalue weighted by Crippen LogP contribution is 2.45. The van der Waals surface area contributed by atoms with Crippen LogP contribution in [0.4, 0.5) is 5.69 Å². The van der Waals surface area contributed by atoms with Crippen LogP contribution >= 0.6 is 0 Å². The smallest absolute Gasteiger partial charge is 0.245 e. The van der Waals surface area contributed by atoms with Crippen molar-refractivity contribution in [3.8, 4) is 17.2 Å². The number of likely N-dealkylation sites (tertiary alicyclic amines) is 1. The second-order valence-corrected chi connectivity index (χ2v) is 9.63. The van der Waals surface area contributed by atoms with Crippen molar-refractivity contribution in [2.75, 3.05) is 31.1 Å². The summed E-state index contributed by atoms with van der Waals surface area (Å²) in [6.07, 6.45) is 8.10. The van der Waals surface area contributed by atoms with Crippen LogP contribution in [0, 0.1) is 30.6 Å². The molecule has 1 N–H and O–H groups in total. The van der Waals surface area contributed by atoms with Crippen LogP contribution in [0.1, 0.15) is 23.2 Å². The minimum Gasteiger partial charge on any atom is -0.369 e. The molecule has 2 fully saturated rings. The van der Waals surface area contributed by atoms with E-state index in [1.165, 1.54) is 6.08 Å². The Morgan fingerprint density at radius 1 is 1.24 bits per heavy atom. The lowest BCUT2D eigenvalue weighted by Gasteiger charge is -2.47. The number of carbonyl (C=O) groups excluding carboxylic acids is 1. The molecule has 0 saturated carbocycles. The molecule has 2 saturated heterocycles. The third-order valence-electron chi connectivity index (χ3n) is 7.48. The van der Waals surface area contributed by atoms with E-state index in [0.717, 1.165) is 77.2 Å². The molecule has 8 nitrogen and oxygen atoms in total. The van der Waals surface area contributed by atoms with Crippen LogP contribution in [0.25, 0.3) is 27.7 Å². The number of aromatic nitrogens is 4. The van der Waals surface area contributed by atoms with E-state index in [-0.39, 0.29) is 11.3 Å². The van der Waals surface area contributed by atoms with Crippen molar-refractivity contribution in [2.45, 2.75) is 20.3 Å². The van der Waals surface area contributed by atoms with Gasteiger partial charge < -0.3 is 14.2 Å². The fraction of sp³-hybridized carbons (Fsp3) is 0.308. The van der Waals surface area contributed by atoms with Gasteiger partial charge in [0.25, 0.3) is 0 Å². The number of nitriles is 1. The minimum absolute atomic E-state index is 0.0109. The van der Waals surface area contributed by atoms with Crippen molar-refractivity contribution in [2.24, 2.45) is 5.41 Å². The molecule has 4 aromatic rings. The first-order valence-corrected chi connectivity index (χ1v) is 11.4. The number of pyridine rings is 1. The average Bonchev–Trinajstić information content (AvgIpc) is 3.55. The number of carbonyl (C=O) groups is 1. The second-order valence-electron chi connectivity index (χ2n) is 9.63. The first-order valence-electron chi connectivity index (χ1n) is 11.4. The van der Waals surface area contributed by atoms with Gasteiger partial charge in [-0.25, -0.2) is 4.98 Å². The van der Waals surface area contributed by atoms with E-state index >= 15 is 0 Å². The fourth-order valence-electron chi connectivity index (χ4n) is 5.72. The SMILES string of the molecule is C=CC(=O)N1CC2(CCN(c3cn4c(C)cnc4c(-c4c(C)ccc5[nH]ncc45)c3C#N)C2)C1. The Kier molecular flexibility index (Phi) is 4.33. The van der Waals surface area contributed by atoms with Gasteiger partial charge in [-0.05, 0) is 38.0 Å². The summed E-state index contributed by atoms with van der Waals surface area (Å²) in [7, 11) is 0. The van der Waals surface area contributed by atoms with Crippen molar-refractivity contribution >= 4 is 28.1 Å². The fourth-order valence-corrected chi connectivity index (χ4v) is 5.72. The number of fused-ring (bicyclic) bond motifs is 2. The van der Waals surface area contributed by atoms with Crippen molar-refractivity contribution in [3.05, 3.63) is 60.2 Å². The van der Waals surface area contributed by atoms with E-state index in [9.17, 15) is 10.1 Å². The topological polar surface area (TPSA) is 93.3 Å². The third-order valence-corrected chi connectivity index (χ3v) is 7.48. The number of nitrogens with zero attached hydrogens (tertiary/aromatic N) is 6. The molecular weight excluding hydrogens is 426 g/mol.